The highest BCUT2D eigenvalue weighted by Crippen LogP contribution is 2.16. The molecule has 0 saturated carbocycles. The first-order valence-electron chi connectivity index (χ1n) is 4.30. The lowest BCUT2D eigenvalue weighted by molar-refractivity contribution is 0.203. The third-order valence-corrected chi connectivity index (χ3v) is 2.44. The number of hydrogen-bond donors (Lipinski definition) is 1. The zero-order chi connectivity index (χ0) is 8.69. The molecule has 1 unspecified atom stereocenters. The Morgan fingerprint density at radius 1 is 1.36 bits per heavy atom. The van der Waals surface area contributed by atoms with Crippen molar-refractivity contribution >= 4 is 11.8 Å². The first kappa shape index (κ1) is 11.3. The van der Waals surface area contributed by atoms with Crippen LogP contribution in [0.1, 0.15) is 26.7 Å². The predicted molar refractivity (Wildman–Crippen MR) is 53.0 cm³/mol. The van der Waals surface area contributed by atoms with Gasteiger partial charge in [-0.15, -0.1) is 0 Å². The highest BCUT2D eigenvalue weighted by Gasteiger charge is 2.08. The molecule has 0 amide bonds. The summed E-state index contributed by atoms with van der Waals surface area (Å²) >= 11 is 1.86. The Morgan fingerprint density at radius 3 is 2.36 bits per heavy atom. The third kappa shape index (κ3) is 6.70. The van der Waals surface area contributed by atoms with Gasteiger partial charge in [-0.1, -0.05) is 13.8 Å². The van der Waals surface area contributed by atoms with E-state index < -0.39 is 0 Å². The van der Waals surface area contributed by atoms with E-state index in [4.69, 9.17) is 5.11 Å². The van der Waals surface area contributed by atoms with Crippen LogP contribution in [-0.2, 0) is 0 Å². The predicted octanol–water partition coefficient (Wildman–Crippen LogP) is 2.39. The van der Waals surface area contributed by atoms with Crippen LogP contribution in [0.5, 0.6) is 0 Å². The van der Waals surface area contributed by atoms with Gasteiger partial charge in [-0.2, -0.15) is 11.8 Å². The van der Waals surface area contributed by atoms with E-state index >= 15 is 0 Å². The highest BCUT2D eigenvalue weighted by atomic mass is 32.2. The van der Waals surface area contributed by atoms with Crippen LogP contribution in [0.3, 0.4) is 0 Å². The summed E-state index contributed by atoms with van der Waals surface area (Å²) in [6.45, 7) is 4.78. The highest BCUT2D eigenvalue weighted by molar-refractivity contribution is 7.98. The van der Waals surface area contributed by atoms with Crippen molar-refractivity contribution in [3.05, 3.63) is 0 Å². The number of aliphatic hydroxyl groups excluding tert-OH is 1. The Balaban J connectivity index is 3.41. The summed E-state index contributed by atoms with van der Waals surface area (Å²) in [5.41, 5.74) is 0. The molecule has 68 valence electrons. The number of rotatable bonds is 6. The van der Waals surface area contributed by atoms with E-state index in [9.17, 15) is 0 Å². The maximum atomic E-state index is 8.99. The first-order valence-corrected chi connectivity index (χ1v) is 5.69. The minimum atomic E-state index is 0.360. The Bertz CT molecular complexity index is 83.6. The molecule has 0 spiro atoms. The van der Waals surface area contributed by atoms with Crippen LogP contribution in [0.2, 0.25) is 0 Å². The number of aliphatic hydroxyl groups is 1. The smallest absolute Gasteiger partial charge is 0.0459 e. The minimum absolute atomic E-state index is 0.360. The van der Waals surface area contributed by atoms with Gasteiger partial charge in [-0.3, -0.25) is 0 Å². The average molecular weight is 176 g/mol. The molecule has 0 aromatic heterocycles. The average Bonchev–Trinajstić information content (AvgIpc) is 1.97. The lowest BCUT2D eigenvalue weighted by atomic mass is 9.96. The van der Waals surface area contributed by atoms with Crippen LogP contribution in [-0.4, -0.2) is 23.7 Å². The summed E-state index contributed by atoms with van der Waals surface area (Å²) in [7, 11) is 0. The van der Waals surface area contributed by atoms with Gasteiger partial charge in [0, 0.05) is 6.61 Å². The zero-order valence-electron chi connectivity index (χ0n) is 7.84. The van der Waals surface area contributed by atoms with Gasteiger partial charge in [0.25, 0.3) is 0 Å². The summed E-state index contributed by atoms with van der Waals surface area (Å²) in [5, 5.41) is 8.99. The summed E-state index contributed by atoms with van der Waals surface area (Å²) in [4.78, 5) is 0. The molecule has 0 aromatic rings. The molecule has 0 heterocycles. The molecule has 0 aromatic carbocycles. The van der Waals surface area contributed by atoms with Gasteiger partial charge in [-0.25, -0.2) is 0 Å². The SMILES string of the molecule is CSCCC(CO)CC(C)C. The molecule has 1 atom stereocenters. The maximum Gasteiger partial charge on any atom is 0.0459 e. The lowest BCUT2D eigenvalue weighted by Crippen LogP contribution is -2.10. The van der Waals surface area contributed by atoms with Crippen molar-refractivity contribution in [2.45, 2.75) is 26.7 Å². The van der Waals surface area contributed by atoms with Crippen molar-refractivity contribution in [3.8, 4) is 0 Å². The van der Waals surface area contributed by atoms with Crippen LogP contribution < -0.4 is 0 Å². The van der Waals surface area contributed by atoms with Crippen molar-refractivity contribution in [3.63, 3.8) is 0 Å². The van der Waals surface area contributed by atoms with E-state index in [0.717, 1.165) is 12.8 Å². The first-order chi connectivity index (χ1) is 5.20. The molecule has 0 saturated heterocycles. The monoisotopic (exact) mass is 176 g/mol. The van der Waals surface area contributed by atoms with Crippen LogP contribution in [0.15, 0.2) is 0 Å². The Kier molecular flexibility index (Phi) is 7.18. The summed E-state index contributed by atoms with van der Waals surface area (Å²) in [5.74, 6) is 2.43. The Hall–Kier alpha value is 0.310. The van der Waals surface area contributed by atoms with Gasteiger partial charge in [0.05, 0.1) is 0 Å². The van der Waals surface area contributed by atoms with Crippen LogP contribution >= 0.6 is 11.8 Å². The van der Waals surface area contributed by atoms with Crippen LogP contribution in [0.4, 0.5) is 0 Å². The van der Waals surface area contributed by atoms with Gasteiger partial charge >= 0.3 is 0 Å². The molecule has 0 bridgehead atoms. The van der Waals surface area contributed by atoms with Crippen molar-refractivity contribution in [2.24, 2.45) is 11.8 Å². The van der Waals surface area contributed by atoms with Gasteiger partial charge in [0.2, 0.25) is 0 Å². The second-order valence-electron chi connectivity index (χ2n) is 3.46. The Labute approximate surface area is 74.6 Å². The standard InChI is InChI=1S/C9H20OS/c1-8(2)6-9(7-10)4-5-11-3/h8-10H,4-7H2,1-3H3. The van der Waals surface area contributed by atoms with Crippen molar-refractivity contribution < 1.29 is 5.11 Å². The molecular weight excluding hydrogens is 156 g/mol. The van der Waals surface area contributed by atoms with E-state index in [1.165, 1.54) is 5.75 Å². The minimum Gasteiger partial charge on any atom is -0.396 e. The molecular formula is C9H20OS. The third-order valence-electron chi connectivity index (χ3n) is 1.79. The molecule has 1 nitrogen and oxygen atoms in total. The Morgan fingerprint density at radius 2 is 2.00 bits per heavy atom. The molecule has 1 N–H and O–H groups in total. The number of hydrogen-bond acceptors (Lipinski definition) is 2. The molecule has 0 aliphatic heterocycles. The summed E-state index contributed by atoms with van der Waals surface area (Å²) in [6.07, 6.45) is 4.44. The number of thioether (sulfide) groups is 1. The largest absolute Gasteiger partial charge is 0.396 e. The van der Waals surface area contributed by atoms with Crippen molar-refractivity contribution in [1.29, 1.82) is 0 Å². The maximum absolute atomic E-state index is 8.99. The molecule has 11 heavy (non-hydrogen) atoms. The van der Waals surface area contributed by atoms with Crippen molar-refractivity contribution in [2.75, 3.05) is 18.6 Å². The quantitative estimate of drug-likeness (QED) is 0.670. The van der Waals surface area contributed by atoms with E-state index in [1.54, 1.807) is 0 Å². The van der Waals surface area contributed by atoms with E-state index in [1.807, 2.05) is 11.8 Å². The van der Waals surface area contributed by atoms with Gasteiger partial charge in [0.1, 0.15) is 0 Å². The zero-order valence-corrected chi connectivity index (χ0v) is 8.66. The van der Waals surface area contributed by atoms with Gasteiger partial charge < -0.3 is 5.11 Å². The lowest BCUT2D eigenvalue weighted by Gasteiger charge is -2.15. The molecule has 0 aliphatic carbocycles. The fraction of sp³-hybridized carbons (Fsp3) is 1.00. The molecule has 2 heteroatoms. The molecule has 0 rings (SSSR count). The second kappa shape index (κ2) is 6.99. The van der Waals surface area contributed by atoms with Crippen LogP contribution in [0.25, 0.3) is 0 Å². The van der Waals surface area contributed by atoms with E-state index in [0.29, 0.717) is 18.4 Å². The van der Waals surface area contributed by atoms with E-state index in [-0.39, 0.29) is 0 Å². The fourth-order valence-electron chi connectivity index (χ4n) is 1.23. The van der Waals surface area contributed by atoms with Crippen LogP contribution in [0, 0.1) is 11.8 Å². The topological polar surface area (TPSA) is 20.2 Å². The normalized spacial score (nSPS) is 13.9. The van der Waals surface area contributed by atoms with Gasteiger partial charge in [-0.05, 0) is 36.7 Å². The molecule has 0 fully saturated rings. The fourth-order valence-corrected chi connectivity index (χ4v) is 1.80. The summed E-state index contributed by atoms with van der Waals surface area (Å²) < 4.78 is 0. The molecule has 0 radical (unpaired) electrons. The molecule has 0 aliphatic rings. The van der Waals surface area contributed by atoms with E-state index in [2.05, 4.69) is 20.1 Å². The van der Waals surface area contributed by atoms with Gasteiger partial charge in [0.15, 0.2) is 0 Å². The second-order valence-corrected chi connectivity index (χ2v) is 4.45. The van der Waals surface area contributed by atoms with Crippen molar-refractivity contribution in [1.82, 2.24) is 0 Å². The summed E-state index contributed by atoms with van der Waals surface area (Å²) in [6, 6.07) is 0.